The number of hydrogen-bond acceptors (Lipinski definition) is 6. The summed E-state index contributed by atoms with van der Waals surface area (Å²) < 4.78 is 18.7. The highest BCUT2D eigenvalue weighted by Gasteiger charge is 2.39. The minimum atomic E-state index is -0.699. The van der Waals surface area contributed by atoms with Crippen molar-refractivity contribution in [2.75, 3.05) is 12.4 Å². The van der Waals surface area contributed by atoms with Crippen LogP contribution in [0.25, 0.3) is 0 Å². The number of carbonyl (C=O) groups excluding carboxylic acids is 2. The standard InChI is InChI=1S/C27H22ClFN4O3S/c1-36-21-11-7-16(8-12-21)22-14-23(17-5-9-18(28)10-6-17)33(32-22)27-31-26(35)24(37-27)15-25(34)30-20-4-2-3-19(29)13-20/h2-13,23-24H,14-15H2,1H3,(H,30,34)/t23-,24-/m1/s1. The molecule has 1 N–H and O–H groups in total. The van der Waals surface area contributed by atoms with E-state index in [1.54, 1.807) is 18.2 Å². The Morgan fingerprint density at radius 3 is 2.62 bits per heavy atom. The van der Waals surface area contributed by atoms with Crippen molar-refractivity contribution in [2.45, 2.75) is 24.1 Å². The van der Waals surface area contributed by atoms with Gasteiger partial charge in [0.05, 0.1) is 18.9 Å². The van der Waals surface area contributed by atoms with E-state index in [2.05, 4.69) is 10.3 Å². The lowest BCUT2D eigenvalue weighted by molar-refractivity contribution is -0.121. The monoisotopic (exact) mass is 536 g/mol. The number of halogens is 2. The third-order valence-corrected chi connectivity index (χ3v) is 7.39. The van der Waals surface area contributed by atoms with Gasteiger partial charge in [0, 0.05) is 23.6 Å². The molecule has 0 aromatic heterocycles. The van der Waals surface area contributed by atoms with E-state index < -0.39 is 22.9 Å². The van der Waals surface area contributed by atoms with Crippen molar-refractivity contribution in [3.05, 3.63) is 94.8 Å². The second-order valence-corrected chi connectivity index (χ2v) is 10.1. The Labute approximate surface area is 222 Å². The van der Waals surface area contributed by atoms with Crippen molar-refractivity contribution in [3.8, 4) is 5.75 Å². The maximum absolute atomic E-state index is 13.4. The highest BCUT2D eigenvalue weighted by molar-refractivity contribution is 8.15. The van der Waals surface area contributed by atoms with E-state index in [4.69, 9.17) is 21.4 Å². The molecule has 2 atom stereocenters. The van der Waals surface area contributed by atoms with Gasteiger partial charge in [-0.15, -0.1) is 0 Å². The van der Waals surface area contributed by atoms with E-state index >= 15 is 0 Å². The number of nitrogens with one attached hydrogen (secondary N) is 1. The third kappa shape index (κ3) is 5.68. The average Bonchev–Trinajstić information content (AvgIpc) is 3.48. The number of methoxy groups -OCH3 is 1. The topological polar surface area (TPSA) is 83.4 Å². The Kier molecular flexibility index (Phi) is 7.25. The van der Waals surface area contributed by atoms with Gasteiger partial charge in [0.15, 0.2) is 5.17 Å². The molecule has 0 unspecified atom stereocenters. The van der Waals surface area contributed by atoms with Crippen LogP contribution in [-0.2, 0) is 9.59 Å². The Morgan fingerprint density at radius 2 is 1.92 bits per heavy atom. The number of ether oxygens (including phenoxy) is 1. The molecule has 0 saturated heterocycles. The lowest BCUT2D eigenvalue weighted by Crippen LogP contribution is -2.25. The molecule has 0 saturated carbocycles. The molecule has 2 amide bonds. The zero-order chi connectivity index (χ0) is 25.9. The second-order valence-electron chi connectivity index (χ2n) is 8.49. The summed E-state index contributed by atoms with van der Waals surface area (Å²) in [5.74, 6) is -0.514. The van der Waals surface area contributed by atoms with E-state index in [1.807, 2.05) is 48.5 Å². The number of hydrogen-bond donors (Lipinski definition) is 1. The zero-order valence-electron chi connectivity index (χ0n) is 19.7. The number of nitrogens with zero attached hydrogens (tertiary/aromatic N) is 3. The van der Waals surface area contributed by atoms with Gasteiger partial charge in [0.2, 0.25) is 5.91 Å². The van der Waals surface area contributed by atoms with Gasteiger partial charge >= 0.3 is 0 Å². The number of hydrazone groups is 1. The van der Waals surface area contributed by atoms with Crippen molar-refractivity contribution in [3.63, 3.8) is 0 Å². The van der Waals surface area contributed by atoms with Gasteiger partial charge in [-0.1, -0.05) is 41.6 Å². The normalized spacial score (nSPS) is 19.0. The van der Waals surface area contributed by atoms with Crippen LogP contribution in [0.4, 0.5) is 10.1 Å². The van der Waals surface area contributed by atoms with Crippen molar-refractivity contribution < 1.29 is 18.7 Å². The van der Waals surface area contributed by atoms with E-state index in [0.29, 0.717) is 22.3 Å². The summed E-state index contributed by atoms with van der Waals surface area (Å²) in [5, 5.41) is 9.56. The molecule has 3 aromatic rings. The van der Waals surface area contributed by atoms with Gasteiger partial charge in [-0.2, -0.15) is 10.1 Å². The number of rotatable bonds is 6. The Morgan fingerprint density at radius 1 is 1.16 bits per heavy atom. The highest BCUT2D eigenvalue weighted by Crippen LogP contribution is 2.39. The fraction of sp³-hybridized carbons (Fsp3) is 0.185. The maximum atomic E-state index is 13.4. The van der Waals surface area contributed by atoms with Crippen LogP contribution < -0.4 is 10.1 Å². The molecule has 2 heterocycles. The number of amides is 2. The molecule has 0 fully saturated rings. The van der Waals surface area contributed by atoms with Gasteiger partial charge in [-0.25, -0.2) is 9.40 Å². The van der Waals surface area contributed by atoms with E-state index in [0.717, 1.165) is 22.6 Å². The first kappa shape index (κ1) is 25.0. The van der Waals surface area contributed by atoms with Crippen LogP contribution in [0.1, 0.15) is 30.0 Å². The molecule has 0 radical (unpaired) electrons. The molecule has 7 nitrogen and oxygen atoms in total. The Balaban J connectivity index is 1.35. The Hall–Kier alpha value is -3.69. The fourth-order valence-electron chi connectivity index (χ4n) is 4.14. The smallest absolute Gasteiger partial charge is 0.262 e. The quantitative estimate of drug-likeness (QED) is 0.439. The van der Waals surface area contributed by atoms with Crippen molar-refractivity contribution in [2.24, 2.45) is 10.1 Å². The number of amidine groups is 1. The summed E-state index contributed by atoms with van der Waals surface area (Å²) in [6.45, 7) is 0. The summed E-state index contributed by atoms with van der Waals surface area (Å²) in [4.78, 5) is 29.5. The van der Waals surface area contributed by atoms with Crippen LogP contribution in [0.15, 0.2) is 82.9 Å². The fourth-order valence-corrected chi connectivity index (χ4v) is 5.33. The molecule has 37 heavy (non-hydrogen) atoms. The summed E-state index contributed by atoms with van der Waals surface area (Å²) in [6, 6.07) is 20.5. The highest BCUT2D eigenvalue weighted by atomic mass is 35.5. The molecule has 0 bridgehead atoms. The first-order chi connectivity index (χ1) is 17.9. The number of carbonyl (C=O) groups is 2. The second kappa shape index (κ2) is 10.7. The van der Waals surface area contributed by atoms with Crippen LogP contribution in [-0.4, -0.2) is 40.1 Å². The average molecular weight is 537 g/mol. The lowest BCUT2D eigenvalue weighted by atomic mass is 9.98. The number of aliphatic imine (C=N–C) groups is 1. The number of benzene rings is 3. The van der Waals surface area contributed by atoms with Crippen LogP contribution >= 0.6 is 23.4 Å². The third-order valence-electron chi connectivity index (χ3n) is 5.99. The minimum Gasteiger partial charge on any atom is -0.497 e. The van der Waals surface area contributed by atoms with E-state index in [9.17, 15) is 14.0 Å². The van der Waals surface area contributed by atoms with E-state index in [-0.39, 0.29) is 12.5 Å². The van der Waals surface area contributed by atoms with Gasteiger partial charge in [0.1, 0.15) is 16.8 Å². The molecule has 3 aromatic carbocycles. The van der Waals surface area contributed by atoms with Gasteiger partial charge < -0.3 is 10.1 Å². The van der Waals surface area contributed by atoms with Crippen molar-refractivity contribution in [1.82, 2.24) is 5.01 Å². The SMILES string of the molecule is COc1ccc(C2=NN(C3=NC(=O)[C@@H](CC(=O)Nc4cccc(F)c4)S3)[C@@H](c3ccc(Cl)cc3)C2)cc1. The first-order valence-electron chi connectivity index (χ1n) is 11.5. The Bertz CT molecular complexity index is 1400. The van der Waals surface area contributed by atoms with Crippen LogP contribution in [0.3, 0.4) is 0 Å². The summed E-state index contributed by atoms with van der Waals surface area (Å²) in [6.07, 6.45) is 0.494. The molecule has 2 aliphatic rings. The number of thioether (sulfide) groups is 1. The maximum Gasteiger partial charge on any atom is 0.262 e. The van der Waals surface area contributed by atoms with Crippen LogP contribution in [0.2, 0.25) is 5.02 Å². The minimum absolute atomic E-state index is 0.0957. The van der Waals surface area contributed by atoms with Crippen LogP contribution in [0, 0.1) is 5.82 Å². The molecule has 0 aliphatic carbocycles. The van der Waals surface area contributed by atoms with E-state index in [1.165, 1.54) is 30.0 Å². The predicted octanol–water partition coefficient (Wildman–Crippen LogP) is 5.67. The molecule has 5 rings (SSSR count). The lowest BCUT2D eigenvalue weighted by Gasteiger charge is -2.23. The summed E-state index contributed by atoms with van der Waals surface area (Å²) >= 11 is 7.30. The number of anilines is 1. The van der Waals surface area contributed by atoms with Gasteiger partial charge in [-0.05, 0) is 65.7 Å². The van der Waals surface area contributed by atoms with Crippen LogP contribution in [0.5, 0.6) is 5.75 Å². The van der Waals surface area contributed by atoms with Crippen molar-refractivity contribution >= 4 is 51.7 Å². The molecular formula is C27H22ClFN4O3S. The zero-order valence-corrected chi connectivity index (χ0v) is 21.3. The molecule has 10 heteroatoms. The molecule has 2 aliphatic heterocycles. The summed E-state index contributed by atoms with van der Waals surface area (Å²) in [5.41, 5.74) is 3.08. The first-order valence-corrected chi connectivity index (χ1v) is 12.8. The van der Waals surface area contributed by atoms with Gasteiger partial charge in [-0.3, -0.25) is 9.59 Å². The van der Waals surface area contributed by atoms with Gasteiger partial charge in [0.25, 0.3) is 5.91 Å². The molecule has 0 spiro atoms. The largest absolute Gasteiger partial charge is 0.497 e. The molecule has 188 valence electrons. The predicted molar refractivity (Wildman–Crippen MR) is 144 cm³/mol. The molecular weight excluding hydrogens is 515 g/mol. The van der Waals surface area contributed by atoms with Crippen molar-refractivity contribution in [1.29, 1.82) is 0 Å². The summed E-state index contributed by atoms with van der Waals surface area (Å²) in [7, 11) is 1.61.